The van der Waals surface area contributed by atoms with Crippen LogP contribution in [0.15, 0.2) is 53.5 Å². The largest absolute Gasteiger partial charge is 0.497 e. The van der Waals surface area contributed by atoms with E-state index in [4.69, 9.17) is 4.74 Å². The molecule has 0 radical (unpaired) electrons. The maximum atomic E-state index is 12.9. The zero-order valence-electron chi connectivity index (χ0n) is 15.2. The fourth-order valence-corrected chi connectivity index (χ4v) is 3.94. The number of aromatic nitrogens is 3. The van der Waals surface area contributed by atoms with Crippen LogP contribution in [0.3, 0.4) is 0 Å². The Morgan fingerprint density at radius 2 is 2.07 bits per heavy atom. The number of imidazole rings is 1. The van der Waals surface area contributed by atoms with Crippen molar-refractivity contribution in [1.29, 1.82) is 0 Å². The van der Waals surface area contributed by atoms with Gasteiger partial charge in [0.2, 0.25) is 5.91 Å². The van der Waals surface area contributed by atoms with Gasteiger partial charge in [0.05, 0.1) is 25.0 Å². The van der Waals surface area contributed by atoms with E-state index in [0.717, 1.165) is 27.9 Å². The Hall–Kier alpha value is -3.61. The normalized spacial score (nSPS) is 16.6. The molecule has 2 N–H and O–H groups in total. The van der Waals surface area contributed by atoms with Gasteiger partial charge in [0.25, 0.3) is 5.56 Å². The van der Waals surface area contributed by atoms with E-state index in [2.05, 4.69) is 15.3 Å². The molecular weight excluding hydrogens is 356 g/mol. The minimum atomic E-state index is -0.394. The first kappa shape index (κ1) is 16.6. The second-order valence-corrected chi connectivity index (χ2v) is 6.91. The van der Waals surface area contributed by atoms with Crippen LogP contribution in [-0.4, -0.2) is 27.4 Å². The Morgan fingerprint density at radius 1 is 1.18 bits per heavy atom. The molecule has 4 heterocycles. The number of nitrogens with zero attached hydrogens (tertiary/aromatic N) is 2. The summed E-state index contributed by atoms with van der Waals surface area (Å²) in [6, 6.07) is 13.1. The van der Waals surface area contributed by atoms with Crippen LogP contribution < -0.4 is 15.6 Å². The summed E-state index contributed by atoms with van der Waals surface area (Å²) in [4.78, 5) is 32.9. The van der Waals surface area contributed by atoms with E-state index in [9.17, 15) is 9.59 Å². The number of H-pyrrole nitrogens is 1. The van der Waals surface area contributed by atoms with Gasteiger partial charge in [-0.3, -0.25) is 9.59 Å². The summed E-state index contributed by atoms with van der Waals surface area (Å²) in [5.41, 5.74) is 3.53. The fourth-order valence-electron chi connectivity index (χ4n) is 3.94. The highest BCUT2D eigenvalue weighted by Crippen LogP contribution is 2.33. The van der Waals surface area contributed by atoms with Gasteiger partial charge in [-0.15, -0.1) is 0 Å². The van der Waals surface area contributed by atoms with E-state index in [0.29, 0.717) is 17.9 Å². The highest BCUT2D eigenvalue weighted by molar-refractivity contribution is 5.82. The minimum absolute atomic E-state index is 0.0992. The van der Waals surface area contributed by atoms with Gasteiger partial charge in [-0.05, 0) is 36.4 Å². The molecule has 3 aromatic heterocycles. The molecule has 0 saturated carbocycles. The lowest BCUT2D eigenvalue weighted by atomic mass is 9.91. The van der Waals surface area contributed by atoms with Crippen LogP contribution in [0.5, 0.6) is 5.75 Å². The van der Waals surface area contributed by atoms with Gasteiger partial charge >= 0.3 is 0 Å². The summed E-state index contributed by atoms with van der Waals surface area (Å²) < 4.78 is 7.27. The minimum Gasteiger partial charge on any atom is -0.497 e. The van der Waals surface area contributed by atoms with Gasteiger partial charge in [0.15, 0.2) is 0 Å². The van der Waals surface area contributed by atoms with Crippen molar-refractivity contribution < 1.29 is 9.53 Å². The zero-order chi connectivity index (χ0) is 19.3. The van der Waals surface area contributed by atoms with Crippen LogP contribution in [0.4, 0.5) is 0 Å². The molecular formula is C21H18N4O3. The number of amides is 1. The molecule has 28 heavy (non-hydrogen) atoms. The first-order valence-electron chi connectivity index (χ1n) is 9.07. The third-order valence-corrected chi connectivity index (χ3v) is 5.27. The summed E-state index contributed by atoms with van der Waals surface area (Å²) in [5, 5.41) is 3.74. The average molecular weight is 374 g/mol. The highest BCUT2D eigenvalue weighted by atomic mass is 16.5. The molecule has 0 unspecified atom stereocenters. The van der Waals surface area contributed by atoms with E-state index in [1.54, 1.807) is 13.2 Å². The molecule has 1 amide bonds. The molecule has 0 spiro atoms. The van der Waals surface area contributed by atoms with Gasteiger partial charge in [-0.2, -0.15) is 0 Å². The maximum Gasteiger partial charge on any atom is 0.252 e. The summed E-state index contributed by atoms with van der Waals surface area (Å²) in [6.45, 7) is 0.353. The summed E-state index contributed by atoms with van der Waals surface area (Å²) in [5.74, 6) is 0.215. The van der Waals surface area contributed by atoms with Gasteiger partial charge < -0.3 is 19.4 Å². The van der Waals surface area contributed by atoms with Crippen molar-refractivity contribution in [2.45, 2.75) is 18.9 Å². The number of methoxy groups -OCH3 is 1. The predicted octanol–water partition coefficient (Wildman–Crippen LogP) is 2.34. The standard InChI is InChI=1S/C21H18N4O3/c1-28-13-5-6-16-12(8-13)9-15(21(27)24-16)14-10-19(26)22-11-17-20(14)25-7-3-2-4-18(25)23-17/h2-9,14H,10-11H2,1H3,(H,22,26)(H,24,27)/t14-/m0/s1. The molecule has 1 aromatic carbocycles. The Labute approximate surface area is 160 Å². The van der Waals surface area contributed by atoms with Gasteiger partial charge in [0.1, 0.15) is 11.4 Å². The number of rotatable bonds is 2. The molecule has 5 rings (SSSR count). The van der Waals surface area contributed by atoms with Crippen LogP contribution in [0.25, 0.3) is 16.6 Å². The lowest BCUT2D eigenvalue weighted by Crippen LogP contribution is -2.24. The maximum absolute atomic E-state index is 12.9. The number of benzene rings is 1. The molecule has 1 atom stereocenters. The van der Waals surface area contributed by atoms with Crippen molar-refractivity contribution in [1.82, 2.24) is 19.7 Å². The van der Waals surface area contributed by atoms with E-state index in [1.165, 1.54) is 0 Å². The molecule has 0 bridgehead atoms. The van der Waals surface area contributed by atoms with Crippen molar-refractivity contribution in [2.75, 3.05) is 7.11 Å². The van der Waals surface area contributed by atoms with Crippen LogP contribution in [-0.2, 0) is 11.3 Å². The molecule has 0 aliphatic carbocycles. The molecule has 7 heteroatoms. The Bertz CT molecular complexity index is 1290. The summed E-state index contributed by atoms with van der Waals surface area (Å²) in [6.07, 6.45) is 2.11. The number of ether oxygens (including phenoxy) is 1. The van der Waals surface area contributed by atoms with E-state index in [-0.39, 0.29) is 17.9 Å². The molecule has 4 aromatic rings. The number of pyridine rings is 2. The first-order chi connectivity index (χ1) is 13.6. The number of hydrogen-bond donors (Lipinski definition) is 2. The van der Waals surface area contributed by atoms with Crippen molar-refractivity contribution >= 4 is 22.5 Å². The summed E-state index contributed by atoms with van der Waals surface area (Å²) in [7, 11) is 1.61. The van der Waals surface area contributed by atoms with Crippen LogP contribution in [0.2, 0.25) is 0 Å². The van der Waals surface area contributed by atoms with Gasteiger partial charge in [-0.25, -0.2) is 4.98 Å². The highest BCUT2D eigenvalue weighted by Gasteiger charge is 2.30. The second kappa shape index (κ2) is 6.23. The molecule has 7 nitrogen and oxygen atoms in total. The van der Waals surface area contributed by atoms with Crippen molar-refractivity contribution in [2.24, 2.45) is 0 Å². The Kier molecular flexibility index (Phi) is 3.68. The molecule has 1 aliphatic rings. The smallest absolute Gasteiger partial charge is 0.252 e. The number of fused-ring (bicyclic) bond motifs is 4. The van der Waals surface area contributed by atoms with E-state index >= 15 is 0 Å². The summed E-state index contributed by atoms with van der Waals surface area (Å²) >= 11 is 0. The van der Waals surface area contributed by atoms with E-state index in [1.807, 2.05) is 47.0 Å². The molecule has 0 saturated heterocycles. The molecule has 140 valence electrons. The monoisotopic (exact) mass is 374 g/mol. The molecule has 1 aliphatic heterocycles. The Morgan fingerprint density at radius 3 is 2.93 bits per heavy atom. The predicted molar refractivity (Wildman–Crippen MR) is 105 cm³/mol. The van der Waals surface area contributed by atoms with Crippen molar-refractivity contribution in [3.8, 4) is 5.75 Å². The van der Waals surface area contributed by atoms with E-state index < -0.39 is 5.92 Å². The number of carbonyl (C=O) groups excluding carboxylic acids is 1. The van der Waals surface area contributed by atoms with Gasteiger partial charge in [0, 0.05) is 35.0 Å². The van der Waals surface area contributed by atoms with Crippen LogP contribution in [0.1, 0.15) is 29.3 Å². The topological polar surface area (TPSA) is 88.5 Å². The van der Waals surface area contributed by atoms with Crippen molar-refractivity contribution in [3.63, 3.8) is 0 Å². The number of aromatic amines is 1. The SMILES string of the molecule is COc1ccc2[nH]c(=O)c([C@@H]3CC(=O)NCc4nc5ccccn5c43)cc2c1. The fraction of sp³-hybridized carbons (Fsp3) is 0.190. The third kappa shape index (κ3) is 2.55. The number of carbonyl (C=O) groups is 1. The van der Waals surface area contributed by atoms with Crippen molar-refractivity contribution in [3.05, 3.63) is 76.0 Å². The average Bonchev–Trinajstić information content (AvgIpc) is 3.00. The van der Waals surface area contributed by atoms with Crippen LogP contribution >= 0.6 is 0 Å². The second-order valence-electron chi connectivity index (χ2n) is 6.91. The zero-order valence-corrected chi connectivity index (χ0v) is 15.2. The lowest BCUT2D eigenvalue weighted by molar-refractivity contribution is -0.121. The Balaban J connectivity index is 1.77. The number of nitrogens with one attached hydrogen (secondary N) is 2. The lowest BCUT2D eigenvalue weighted by Gasteiger charge is -2.16. The molecule has 0 fully saturated rings. The van der Waals surface area contributed by atoms with Gasteiger partial charge in [-0.1, -0.05) is 6.07 Å². The first-order valence-corrected chi connectivity index (χ1v) is 9.07. The quantitative estimate of drug-likeness (QED) is 0.564. The van der Waals surface area contributed by atoms with Crippen LogP contribution in [0, 0.1) is 0 Å². The third-order valence-electron chi connectivity index (χ3n) is 5.27. The number of hydrogen-bond acceptors (Lipinski definition) is 4.